The summed E-state index contributed by atoms with van der Waals surface area (Å²) in [6.07, 6.45) is 0. The molecule has 0 aliphatic rings. The van der Waals surface area contributed by atoms with Crippen LogP contribution in [0, 0.1) is 5.82 Å². The standard InChI is InChI=1S/C14H11ClFN5/c15-9-5-3-6-10(16)12(9)19-13-8-4-1-2-7-11(8)18-14(20-13)21-17/h1-7H,17H2,(H2,18,19,20,21). The van der Waals surface area contributed by atoms with E-state index in [9.17, 15) is 4.39 Å². The molecule has 21 heavy (non-hydrogen) atoms. The third-order valence-electron chi connectivity index (χ3n) is 2.94. The first-order valence-corrected chi connectivity index (χ1v) is 6.51. The van der Waals surface area contributed by atoms with Crippen molar-refractivity contribution in [1.29, 1.82) is 0 Å². The SMILES string of the molecule is NNc1nc(Nc2c(F)cccc2Cl)c2ccccc2n1. The van der Waals surface area contributed by atoms with Crippen molar-refractivity contribution in [2.24, 2.45) is 5.84 Å². The molecule has 2 aromatic carbocycles. The molecule has 3 aromatic rings. The topological polar surface area (TPSA) is 75.9 Å². The number of para-hydroxylation sites is 2. The van der Waals surface area contributed by atoms with Gasteiger partial charge in [0.1, 0.15) is 11.6 Å². The summed E-state index contributed by atoms with van der Waals surface area (Å²) >= 11 is 6.02. The zero-order valence-corrected chi connectivity index (χ0v) is 11.5. The Morgan fingerprint density at radius 2 is 1.86 bits per heavy atom. The van der Waals surface area contributed by atoms with Gasteiger partial charge in [-0.25, -0.2) is 15.2 Å². The van der Waals surface area contributed by atoms with Crippen molar-refractivity contribution in [3.63, 3.8) is 0 Å². The minimum absolute atomic E-state index is 0.158. The van der Waals surface area contributed by atoms with Crippen molar-refractivity contribution in [1.82, 2.24) is 9.97 Å². The second kappa shape index (κ2) is 5.51. The Kier molecular flexibility index (Phi) is 3.55. The maximum absolute atomic E-state index is 13.9. The molecule has 0 bridgehead atoms. The molecular formula is C14H11ClFN5. The molecule has 0 aliphatic carbocycles. The third-order valence-corrected chi connectivity index (χ3v) is 3.25. The lowest BCUT2D eigenvalue weighted by atomic mass is 10.2. The molecule has 1 heterocycles. The number of rotatable bonds is 3. The third kappa shape index (κ3) is 2.58. The van der Waals surface area contributed by atoms with Gasteiger partial charge in [-0.05, 0) is 24.3 Å². The Bertz CT molecular complexity index is 788. The number of fused-ring (bicyclic) bond motifs is 1. The molecule has 3 rings (SSSR count). The molecule has 106 valence electrons. The molecule has 0 atom stereocenters. The first kappa shape index (κ1) is 13.5. The summed E-state index contributed by atoms with van der Waals surface area (Å²) in [7, 11) is 0. The predicted octanol–water partition coefficient (Wildman–Crippen LogP) is 3.45. The average molecular weight is 304 g/mol. The molecule has 4 N–H and O–H groups in total. The highest BCUT2D eigenvalue weighted by atomic mass is 35.5. The fraction of sp³-hybridized carbons (Fsp3) is 0. The van der Waals surface area contributed by atoms with E-state index in [4.69, 9.17) is 17.4 Å². The van der Waals surface area contributed by atoms with Gasteiger partial charge < -0.3 is 5.32 Å². The lowest BCUT2D eigenvalue weighted by molar-refractivity contribution is 0.632. The van der Waals surface area contributed by atoms with E-state index in [0.717, 1.165) is 5.39 Å². The van der Waals surface area contributed by atoms with Gasteiger partial charge in [-0.15, -0.1) is 0 Å². The van der Waals surface area contributed by atoms with Crippen molar-refractivity contribution in [3.8, 4) is 0 Å². The number of benzene rings is 2. The van der Waals surface area contributed by atoms with E-state index in [1.54, 1.807) is 6.07 Å². The Labute approximate surface area is 124 Å². The molecule has 0 unspecified atom stereocenters. The zero-order valence-electron chi connectivity index (χ0n) is 10.8. The number of halogens is 2. The summed E-state index contributed by atoms with van der Waals surface area (Å²) in [5.41, 5.74) is 3.22. The number of anilines is 3. The van der Waals surface area contributed by atoms with Crippen molar-refractivity contribution >= 4 is 40.0 Å². The maximum Gasteiger partial charge on any atom is 0.239 e. The van der Waals surface area contributed by atoms with E-state index in [0.29, 0.717) is 11.3 Å². The van der Waals surface area contributed by atoms with Crippen LogP contribution in [0.3, 0.4) is 0 Å². The molecule has 0 aliphatic heterocycles. The fourth-order valence-corrected chi connectivity index (χ4v) is 2.18. The van der Waals surface area contributed by atoms with Crippen LogP contribution in [0.2, 0.25) is 5.02 Å². The molecule has 0 radical (unpaired) electrons. The summed E-state index contributed by atoms with van der Waals surface area (Å²) in [4.78, 5) is 8.44. The minimum Gasteiger partial charge on any atom is -0.336 e. The Hall–Kier alpha value is -2.44. The van der Waals surface area contributed by atoms with Gasteiger partial charge in [0.05, 0.1) is 16.2 Å². The van der Waals surface area contributed by atoms with E-state index >= 15 is 0 Å². The van der Waals surface area contributed by atoms with Crippen LogP contribution < -0.4 is 16.6 Å². The molecule has 1 aromatic heterocycles. The lowest BCUT2D eigenvalue weighted by Gasteiger charge is -2.12. The predicted molar refractivity (Wildman–Crippen MR) is 82.0 cm³/mol. The van der Waals surface area contributed by atoms with Crippen LogP contribution in [0.1, 0.15) is 0 Å². The largest absolute Gasteiger partial charge is 0.336 e. The van der Waals surface area contributed by atoms with Crippen molar-refractivity contribution in [2.45, 2.75) is 0 Å². The Morgan fingerprint density at radius 3 is 2.62 bits per heavy atom. The molecule has 0 amide bonds. The van der Waals surface area contributed by atoms with E-state index in [1.807, 2.05) is 24.3 Å². The van der Waals surface area contributed by atoms with Gasteiger partial charge in [0.25, 0.3) is 0 Å². The first-order valence-electron chi connectivity index (χ1n) is 6.13. The van der Waals surface area contributed by atoms with Gasteiger partial charge >= 0.3 is 0 Å². The molecule has 7 heteroatoms. The van der Waals surface area contributed by atoms with Gasteiger partial charge in [-0.3, -0.25) is 5.43 Å². The number of nitrogen functional groups attached to an aromatic ring is 1. The smallest absolute Gasteiger partial charge is 0.239 e. The highest BCUT2D eigenvalue weighted by molar-refractivity contribution is 6.33. The summed E-state index contributed by atoms with van der Waals surface area (Å²) in [6.45, 7) is 0. The van der Waals surface area contributed by atoms with E-state index in [2.05, 4.69) is 20.7 Å². The van der Waals surface area contributed by atoms with Crippen LogP contribution in [0.25, 0.3) is 10.9 Å². The van der Waals surface area contributed by atoms with E-state index in [1.165, 1.54) is 12.1 Å². The van der Waals surface area contributed by atoms with Gasteiger partial charge in [-0.2, -0.15) is 4.98 Å². The number of aromatic nitrogens is 2. The summed E-state index contributed by atoms with van der Waals surface area (Å²) in [6, 6.07) is 11.8. The Morgan fingerprint density at radius 1 is 1.05 bits per heavy atom. The Balaban J connectivity index is 2.16. The monoisotopic (exact) mass is 303 g/mol. The zero-order chi connectivity index (χ0) is 14.8. The number of hydrogen-bond acceptors (Lipinski definition) is 5. The molecule has 0 saturated carbocycles. The highest BCUT2D eigenvalue weighted by Crippen LogP contribution is 2.30. The van der Waals surface area contributed by atoms with Crippen LogP contribution in [0.4, 0.5) is 21.8 Å². The van der Waals surface area contributed by atoms with E-state index < -0.39 is 5.82 Å². The maximum atomic E-state index is 13.9. The minimum atomic E-state index is -0.465. The summed E-state index contributed by atoms with van der Waals surface area (Å²) < 4.78 is 13.9. The number of nitrogens with zero attached hydrogens (tertiary/aromatic N) is 2. The quantitative estimate of drug-likeness (QED) is 0.510. The molecule has 0 fully saturated rings. The molecule has 0 saturated heterocycles. The molecule has 0 spiro atoms. The van der Waals surface area contributed by atoms with Crippen LogP contribution in [0.5, 0.6) is 0 Å². The van der Waals surface area contributed by atoms with Gasteiger partial charge in [0.15, 0.2) is 0 Å². The number of hydrogen-bond donors (Lipinski definition) is 3. The molecule has 5 nitrogen and oxygen atoms in total. The van der Waals surface area contributed by atoms with Crippen LogP contribution >= 0.6 is 11.6 Å². The fourth-order valence-electron chi connectivity index (χ4n) is 1.97. The second-order valence-corrected chi connectivity index (χ2v) is 4.69. The number of nitrogens with one attached hydrogen (secondary N) is 2. The van der Waals surface area contributed by atoms with Crippen LogP contribution in [-0.4, -0.2) is 9.97 Å². The van der Waals surface area contributed by atoms with Gasteiger partial charge in [0, 0.05) is 5.39 Å². The molecular weight excluding hydrogens is 293 g/mol. The summed E-state index contributed by atoms with van der Waals surface area (Å²) in [5, 5.41) is 3.90. The lowest BCUT2D eigenvalue weighted by Crippen LogP contribution is -2.11. The van der Waals surface area contributed by atoms with Gasteiger partial charge in [-0.1, -0.05) is 29.8 Å². The van der Waals surface area contributed by atoms with Gasteiger partial charge in [0.2, 0.25) is 5.95 Å². The normalized spacial score (nSPS) is 10.6. The second-order valence-electron chi connectivity index (χ2n) is 4.28. The summed E-state index contributed by atoms with van der Waals surface area (Å²) in [5.74, 6) is 5.54. The van der Waals surface area contributed by atoms with Crippen molar-refractivity contribution < 1.29 is 4.39 Å². The van der Waals surface area contributed by atoms with Crippen molar-refractivity contribution in [3.05, 3.63) is 53.3 Å². The first-order chi connectivity index (χ1) is 10.2. The van der Waals surface area contributed by atoms with Crippen LogP contribution in [-0.2, 0) is 0 Å². The highest BCUT2D eigenvalue weighted by Gasteiger charge is 2.11. The van der Waals surface area contributed by atoms with E-state index in [-0.39, 0.29) is 16.7 Å². The number of nitrogens with two attached hydrogens (primary N) is 1. The average Bonchev–Trinajstić information content (AvgIpc) is 2.50. The number of hydrazine groups is 1. The van der Waals surface area contributed by atoms with Crippen molar-refractivity contribution in [2.75, 3.05) is 10.7 Å². The van der Waals surface area contributed by atoms with Crippen LogP contribution in [0.15, 0.2) is 42.5 Å².